The molecule has 0 saturated carbocycles. The molecule has 2 nitrogen and oxygen atoms in total. The molecule has 42 heavy (non-hydrogen) atoms. The number of hydrogen-bond donors (Lipinski definition) is 0. The van der Waals surface area contributed by atoms with Gasteiger partial charge in [-0.3, -0.25) is 4.79 Å². The van der Waals surface area contributed by atoms with Crippen LogP contribution in [0.15, 0.2) is 12.2 Å². The van der Waals surface area contributed by atoms with E-state index in [1.165, 1.54) is 193 Å². The van der Waals surface area contributed by atoms with E-state index in [2.05, 4.69) is 25.3 Å². The third-order valence-electron chi connectivity index (χ3n) is 9.22. The summed E-state index contributed by atoms with van der Waals surface area (Å²) >= 11 is 0. The molecule has 250 valence electrons. The molecule has 2 heteroatoms. The molecule has 0 heterocycles. The predicted molar refractivity (Wildman–Crippen MR) is 190 cm³/mol. The standard InChI is InChI=1S/C40H79NO/c1-5-7-9-11-13-15-17-19-21-23-25-27-29-31-33-35-37-41(40(42)39(3)4)38-36-34-32-30-28-26-24-22-20-18-16-14-12-10-8-6-2/h3,5-38H2,1-2,4H3. The summed E-state index contributed by atoms with van der Waals surface area (Å²) in [6.45, 7) is 12.2. The van der Waals surface area contributed by atoms with Crippen molar-refractivity contribution in [1.29, 1.82) is 0 Å². The monoisotopic (exact) mass is 590 g/mol. The van der Waals surface area contributed by atoms with E-state index in [1.807, 2.05) is 6.92 Å². The minimum Gasteiger partial charge on any atom is -0.339 e. The van der Waals surface area contributed by atoms with Gasteiger partial charge in [0, 0.05) is 18.7 Å². The molecule has 0 spiro atoms. The van der Waals surface area contributed by atoms with Crippen molar-refractivity contribution in [3.05, 3.63) is 12.2 Å². The summed E-state index contributed by atoms with van der Waals surface area (Å²) < 4.78 is 0. The fourth-order valence-corrected chi connectivity index (χ4v) is 6.29. The molecule has 0 rings (SSSR count). The van der Waals surface area contributed by atoms with Crippen molar-refractivity contribution in [3.8, 4) is 0 Å². The number of amides is 1. The Bertz CT molecular complexity index is 520. The van der Waals surface area contributed by atoms with E-state index in [1.54, 1.807) is 0 Å². The van der Waals surface area contributed by atoms with Gasteiger partial charge < -0.3 is 4.90 Å². The summed E-state index contributed by atoms with van der Waals surface area (Å²) in [5.74, 6) is 0.178. The number of hydrogen-bond acceptors (Lipinski definition) is 1. The highest BCUT2D eigenvalue weighted by Gasteiger charge is 2.13. The van der Waals surface area contributed by atoms with E-state index in [0.717, 1.165) is 25.9 Å². The molecule has 0 fully saturated rings. The molecular formula is C40H79NO. The zero-order chi connectivity index (χ0) is 30.8. The topological polar surface area (TPSA) is 20.3 Å². The van der Waals surface area contributed by atoms with Crippen LogP contribution in [0.25, 0.3) is 0 Å². The van der Waals surface area contributed by atoms with Crippen LogP contribution in [-0.2, 0) is 4.79 Å². The predicted octanol–water partition coefficient (Wildman–Crippen LogP) is 13.9. The van der Waals surface area contributed by atoms with Crippen LogP contribution in [-0.4, -0.2) is 23.9 Å². The molecule has 0 aliphatic carbocycles. The van der Waals surface area contributed by atoms with Crippen molar-refractivity contribution in [1.82, 2.24) is 4.90 Å². The van der Waals surface area contributed by atoms with Crippen molar-refractivity contribution >= 4 is 5.91 Å². The van der Waals surface area contributed by atoms with Crippen molar-refractivity contribution in [3.63, 3.8) is 0 Å². The van der Waals surface area contributed by atoms with Gasteiger partial charge in [0.2, 0.25) is 5.91 Å². The van der Waals surface area contributed by atoms with Gasteiger partial charge in [0.1, 0.15) is 0 Å². The number of unbranched alkanes of at least 4 members (excludes halogenated alkanes) is 30. The highest BCUT2D eigenvalue weighted by atomic mass is 16.2. The van der Waals surface area contributed by atoms with Gasteiger partial charge in [0.25, 0.3) is 0 Å². The van der Waals surface area contributed by atoms with Crippen LogP contribution in [0, 0.1) is 0 Å². The highest BCUT2D eigenvalue weighted by molar-refractivity contribution is 5.92. The second kappa shape index (κ2) is 34.7. The number of nitrogens with zero attached hydrogens (tertiary/aromatic N) is 1. The second-order valence-electron chi connectivity index (χ2n) is 13.7. The van der Waals surface area contributed by atoms with Crippen LogP contribution in [0.4, 0.5) is 0 Å². The minimum absolute atomic E-state index is 0.178. The van der Waals surface area contributed by atoms with Gasteiger partial charge in [-0.25, -0.2) is 0 Å². The molecule has 0 aromatic rings. The Morgan fingerprint density at radius 2 is 0.571 bits per heavy atom. The van der Waals surface area contributed by atoms with Crippen molar-refractivity contribution < 1.29 is 4.79 Å². The Morgan fingerprint density at radius 1 is 0.381 bits per heavy atom. The van der Waals surface area contributed by atoms with Crippen molar-refractivity contribution in [2.75, 3.05) is 13.1 Å². The molecule has 1 amide bonds. The Hall–Kier alpha value is -0.790. The number of carbonyl (C=O) groups is 1. The van der Waals surface area contributed by atoms with Gasteiger partial charge in [-0.1, -0.05) is 213 Å². The number of carbonyl (C=O) groups excluding carboxylic acids is 1. The van der Waals surface area contributed by atoms with Gasteiger partial charge >= 0.3 is 0 Å². The summed E-state index contributed by atoms with van der Waals surface area (Å²) in [6.07, 6.45) is 44.5. The van der Waals surface area contributed by atoms with Crippen molar-refractivity contribution in [2.24, 2.45) is 0 Å². The largest absolute Gasteiger partial charge is 0.339 e. The lowest BCUT2D eigenvalue weighted by Crippen LogP contribution is -2.33. The summed E-state index contributed by atoms with van der Waals surface area (Å²) in [4.78, 5) is 14.7. The first-order chi connectivity index (χ1) is 20.6. The Balaban J connectivity index is 3.59. The van der Waals surface area contributed by atoms with Crippen LogP contribution in [0.5, 0.6) is 0 Å². The molecule has 0 aliphatic rings. The molecule has 0 saturated heterocycles. The molecule has 0 N–H and O–H groups in total. The van der Waals surface area contributed by atoms with Gasteiger partial charge in [-0.15, -0.1) is 0 Å². The van der Waals surface area contributed by atoms with Gasteiger partial charge in [0.15, 0.2) is 0 Å². The summed E-state index contributed by atoms with van der Waals surface area (Å²) in [7, 11) is 0. The smallest absolute Gasteiger partial charge is 0.248 e. The van der Waals surface area contributed by atoms with Crippen LogP contribution in [0.2, 0.25) is 0 Å². The maximum absolute atomic E-state index is 12.7. The molecule has 0 aliphatic heterocycles. The second-order valence-corrected chi connectivity index (χ2v) is 13.7. The van der Waals surface area contributed by atoms with Crippen LogP contribution in [0.3, 0.4) is 0 Å². The first-order valence-electron chi connectivity index (χ1n) is 19.6. The molecule has 0 atom stereocenters. The fraction of sp³-hybridized carbons (Fsp3) is 0.925. The third kappa shape index (κ3) is 30.7. The molecule has 0 bridgehead atoms. The molecular weight excluding hydrogens is 510 g/mol. The maximum atomic E-state index is 12.7. The van der Waals surface area contributed by atoms with E-state index in [4.69, 9.17) is 0 Å². The Morgan fingerprint density at radius 3 is 0.762 bits per heavy atom. The minimum atomic E-state index is 0.178. The highest BCUT2D eigenvalue weighted by Crippen LogP contribution is 2.16. The lowest BCUT2D eigenvalue weighted by atomic mass is 10.0. The maximum Gasteiger partial charge on any atom is 0.248 e. The molecule has 0 unspecified atom stereocenters. The Labute approximate surface area is 266 Å². The Kier molecular flexibility index (Phi) is 34.0. The first kappa shape index (κ1) is 41.2. The molecule has 0 radical (unpaired) electrons. The SMILES string of the molecule is C=C(C)C(=O)N(CCCCCCCCCCCCCCCCCC)CCCCCCCCCCCCCCCCCC. The van der Waals surface area contributed by atoms with E-state index in [0.29, 0.717) is 5.57 Å². The van der Waals surface area contributed by atoms with Crippen molar-refractivity contribution in [2.45, 2.75) is 226 Å². The first-order valence-corrected chi connectivity index (χ1v) is 19.6. The summed E-state index contributed by atoms with van der Waals surface area (Å²) in [5.41, 5.74) is 0.697. The average Bonchev–Trinajstić information content (AvgIpc) is 2.99. The zero-order valence-corrected chi connectivity index (χ0v) is 29.6. The summed E-state index contributed by atoms with van der Waals surface area (Å²) in [5, 5.41) is 0. The lowest BCUT2D eigenvalue weighted by molar-refractivity contribution is -0.127. The molecule has 0 aromatic carbocycles. The summed E-state index contributed by atoms with van der Waals surface area (Å²) in [6, 6.07) is 0. The van der Waals surface area contributed by atoms with E-state index < -0.39 is 0 Å². The molecule has 0 aromatic heterocycles. The van der Waals surface area contributed by atoms with E-state index in [-0.39, 0.29) is 5.91 Å². The van der Waals surface area contributed by atoms with Gasteiger partial charge in [0.05, 0.1) is 0 Å². The lowest BCUT2D eigenvalue weighted by Gasteiger charge is -2.23. The van der Waals surface area contributed by atoms with Gasteiger partial charge in [-0.2, -0.15) is 0 Å². The normalized spacial score (nSPS) is 11.3. The zero-order valence-electron chi connectivity index (χ0n) is 29.6. The van der Waals surface area contributed by atoms with Crippen LogP contribution in [0.1, 0.15) is 226 Å². The number of rotatable bonds is 35. The van der Waals surface area contributed by atoms with E-state index >= 15 is 0 Å². The van der Waals surface area contributed by atoms with E-state index in [9.17, 15) is 4.79 Å². The third-order valence-corrected chi connectivity index (χ3v) is 9.22. The fourth-order valence-electron chi connectivity index (χ4n) is 6.29. The van der Waals surface area contributed by atoms with Crippen LogP contribution >= 0.6 is 0 Å². The van der Waals surface area contributed by atoms with Crippen LogP contribution < -0.4 is 0 Å². The quantitative estimate of drug-likeness (QED) is 0.0532. The average molecular weight is 590 g/mol. The van der Waals surface area contributed by atoms with Gasteiger partial charge in [-0.05, 0) is 19.8 Å².